The van der Waals surface area contributed by atoms with Crippen molar-refractivity contribution in [1.29, 1.82) is 0 Å². The monoisotopic (exact) mass is 226 g/mol. The zero-order valence-corrected chi connectivity index (χ0v) is 10.7. The van der Waals surface area contributed by atoms with E-state index in [9.17, 15) is 4.79 Å². The second kappa shape index (κ2) is 3.81. The largest absolute Gasteiger partial charge is 0.367 e. The third-order valence-electron chi connectivity index (χ3n) is 3.86. The van der Waals surface area contributed by atoms with Gasteiger partial charge in [0.05, 0.1) is 23.4 Å². The lowest BCUT2D eigenvalue weighted by Gasteiger charge is -2.04. The summed E-state index contributed by atoms with van der Waals surface area (Å²) in [7, 11) is 0. The first-order valence-corrected chi connectivity index (χ1v) is 6.18. The van der Waals surface area contributed by atoms with Crippen LogP contribution in [0.15, 0.2) is 0 Å². The highest BCUT2D eigenvalue weighted by molar-refractivity contribution is 5.75. The van der Waals surface area contributed by atoms with Gasteiger partial charge in [-0.2, -0.15) is 0 Å². The van der Waals surface area contributed by atoms with Crippen LogP contribution in [0.3, 0.4) is 0 Å². The van der Waals surface area contributed by atoms with E-state index in [1.807, 2.05) is 0 Å². The Kier molecular flexibility index (Phi) is 2.87. The molecule has 0 saturated carbocycles. The van der Waals surface area contributed by atoms with Gasteiger partial charge in [-0.1, -0.05) is 0 Å². The number of carbonyl (C=O) groups is 1. The van der Waals surface area contributed by atoms with Gasteiger partial charge in [0.1, 0.15) is 5.78 Å². The van der Waals surface area contributed by atoms with E-state index in [0.717, 1.165) is 19.3 Å². The molecule has 0 aromatic rings. The Morgan fingerprint density at radius 1 is 1.12 bits per heavy atom. The molecule has 0 N–H and O–H groups in total. The van der Waals surface area contributed by atoms with Crippen molar-refractivity contribution in [3.05, 3.63) is 0 Å². The minimum Gasteiger partial charge on any atom is -0.367 e. The Bertz CT molecular complexity index is 298. The number of ether oxygens (including phenoxy) is 2. The molecular formula is C13H22O3. The lowest BCUT2D eigenvalue weighted by molar-refractivity contribution is -0.117. The summed E-state index contributed by atoms with van der Waals surface area (Å²) in [4.78, 5) is 10.9. The van der Waals surface area contributed by atoms with Gasteiger partial charge in [0.15, 0.2) is 0 Å². The first kappa shape index (κ1) is 12.1. The molecule has 92 valence electrons. The molecular weight excluding hydrogens is 204 g/mol. The van der Waals surface area contributed by atoms with Crippen LogP contribution in [0, 0.1) is 0 Å². The van der Waals surface area contributed by atoms with E-state index in [1.54, 1.807) is 6.92 Å². The van der Waals surface area contributed by atoms with Crippen molar-refractivity contribution in [2.45, 2.75) is 76.8 Å². The van der Waals surface area contributed by atoms with Crippen LogP contribution in [0.5, 0.6) is 0 Å². The average Bonchev–Trinajstić information content (AvgIpc) is 2.98. The van der Waals surface area contributed by atoms with Gasteiger partial charge in [-0.25, -0.2) is 0 Å². The molecule has 0 aromatic carbocycles. The van der Waals surface area contributed by atoms with Crippen LogP contribution < -0.4 is 0 Å². The molecule has 2 fully saturated rings. The molecule has 0 bridgehead atoms. The fourth-order valence-corrected chi connectivity index (χ4v) is 2.37. The highest BCUT2D eigenvalue weighted by atomic mass is 16.6. The zero-order valence-electron chi connectivity index (χ0n) is 10.7. The van der Waals surface area contributed by atoms with Gasteiger partial charge in [0.25, 0.3) is 0 Å². The van der Waals surface area contributed by atoms with Gasteiger partial charge < -0.3 is 14.3 Å². The molecule has 3 atom stereocenters. The number of epoxide rings is 2. The molecule has 16 heavy (non-hydrogen) atoms. The normalized spacial score (nSPS) is 39.5. The van der Waals surface area contributed by atoms with E-state index in [2.05, 4.69) is 20.8 Å². The van der Waals surface area contributed by atoms with Crippen LogP contribution >= 0.6 is 0 Å². The van der Waals surface area contributed by atoms with Gasteiger partial charge >= 0.3 is 0 Å². The van der Waals surface area contributed by atoms with Crippen LogP contribution in [0.1, 0.15) is 53.4 Å². The van der Waals surface area contributed by atoms with Crippen molar-refractivity contribution < 1.29 is 14.3 Å². The molecule has 2 heterocycles. The van der Waals surface area contributed by atoms with Crippen molar-refractivity contribution in [3.8, 4) is 0 Å². The minimum atomic E-state index is 0.0114. The van der Waals surface area contributed by atoms with Crippen LogP contribution in [0.4, 0.5) is 0 Å². The predicted octanol–water partition coefficient (Wildman–Crippen LogP) is 2.47. The Hall–Kier alpha value is -0.410. The SMILES string of the molecule is CC(=O)CCC1OC1(C)CCC1OC1(C)C. The van der Waals surface area contributed by atoms with Crippen molar-refractivity contribution in [3.63, 3.8) is 0 Å². The number of carbonyl (C=O) groups excluding carboxylic acids is 1. The van der Waals surface area contributed by atoms with Gasteiger partial charge in [-0.15, -0.1) is 0 Å². The van der Waals surface area contributed by atoms with Gasteiger partial charge in [0.2, 0.25) is 0 Å². The van der Waals surface area contributed by atoms with E-state index in [0.29, 0.717) is 18.6 Å². The van der Waals surface area contributed by atoms with Crippen LogP contribution in [0.2, 0.25) is 0 Å². The lowest BCUT2D eigenvalue weighted by atomic mass is 9.95. The van der Waals surface area contributed by atoms with E-state index in [4.69, 9.17) is 9.47 Å². The van der Waals surface area contributed by atoms with Crippen molar-refractivity contribution in [2.24, 2.45) is 0 Å². The topological polar surface area (TPSA) is 42.1 Å². The molecule has 3 unspecified atom stereocenters. The van der Waals surface area contributed by atoms with Gasteiger partial charge in [-0.3, -0.25) is 0 Å². The third kappa shape index (κ3) is 2.64. The number of hydrogen-bond acceptors (Lipinski definition) is 3. The molecule has 0 aromatic heterocycles. The highest BCUT2D eigenvalue weighted by Crippen LogP contribution is 2.46. The first-order valence-electron chi connectivity index (χ1n) is 6.18. The summed E-state index contributed by atoms with van der Waals surface area (Å²) in [6, 6.07) is 0. The summed E-state index contributed by atoms with van der Waals surface area (Å²) in [6.07, 6.45) is 4.33. The number of rotatable bonds is 6. The van der Waals surface area contributed by atoms with Crippen LogP contribution in [0.25, 0.3) is 0 Å². The fraction of sp³-hybridized carbons (Fsp3) is 0.923. The van der Waals surface area contributed by atoms with Crippen LogP contribution in [-0.2, 0) is 14.3 Å². The molecule has 2 rings (SSSR count). The quantitative estimate of drug-likeness (QED) is 0.653. The summed E-state index contributed by atoms with van der Waals surface area (Å²) in [5.41, 5.74) is 0.0949. The predicted molar refractivity (Wildman–Crippen MR) is 61.4 cm³/mol. The average molecular weight is 226 g/mol. The maximum Gasteiger partial charge on any atom is 0.129 e. The Morgan fingerprint density at radius 2 is 1.75 bits per heavy atom. The molecule has 2 aliphatic rings. The second-order valence-corrected chi connectivity index (χ2v) is 5.91. The van der Waals surface area contributed by atoms with E-state index in [1.165, 1.54) is 0 Å². The summed E-state index contributed by atoms with van der Waals surface area (Å²) in [6.45, 7) is 8.04. The summed E-state index contributed by atoms with van der Waals surface area (Å²) < 4.78 is 11.2. The molecule has 0 aliphatic carbocycles. The number of Topliss-reactive ketones (excluding diaryl/α,β-unsaturated/α-hetero) is 1. The van der Waals surface area contributed by atoms with Crippen molar-refractivity contribution in [1.82, 2.24) is 0 Å². The number of ketones is 1. The van der Waals surface area contributed by atoms with E-state index >= 15 is 0 Å². The van der Waals surface area contributed by atoms with E-state index in [-0.39, 0.29) is 17.0 Å². The van der Waals surface area contributed by atoms with Gasteiger partial charge in [0, 0.05) is 6.42 Å². The second-order valence-electron chi connectivity index (χ2n) is 5.91. The zero-order chi connectivity index (χ0) is 12.0. The summed E-state index contributed by atoms with van der Waals surface area (Å²) >= 11 is 0. The Labute approximate surface area is 97.5 Å². The molecule has 0 radical (unpaired) electrons. The van der Waals surface area contributed by atoms with Crippen LogP contribution in [-0.4, -0.2) is 29.2 Å². The maximum absolute atomic E-state index is 10.9. The fourth-order valence-electron chi connectivity index (χ4n) is 2.37. The third-order valence-corrected chi connectivity index (χ3v) is 3.86. The van der Waals surface area contributed by atoms with E-state index < -0.39 is 0 Å². The molecule has 2 aliphatic heterocycles. The molecule has 3 heteroatoms. The molecule has 3 nitrogen and oxygen atoms in total. The van der Waals surface area contributed by atoms with Crippen molar-refractivity contribution >= 4 is 5.78 Å². The maximum atomic E-state index is 10.9. The summed E-state index contributed by atoms with van der Waals surface area (Å²) in [5, 5.41) is 0. The minimum absolute atomic E-state index is 0.0114. The first-order chi connectivity index (χ1) is 7.33. The lowest BCUT2D eigenvalue weighted by Crippen LogP contribution is -2.13. The Morgan fingerprint density at radius 3 is 2.25 bits per heavy atom. The Balaban J connectivity index is 1.65. The smallest absolute Gasteiger partial charge is 0.129 e. The van der Waals surface area contributed by atoms with Crippen molar-refractivity contribution in [2.75, 3.05) is 0 Å². The number of hydrogen-bond donors (Lipinski definition) is 0. The highest BCUT2D eigenvalue weighted by Gasteiger charge is 2.54. The molecule has 0 spiro atoms. The standard InChI is InChI=1S/C13H22O3/c1-9(14)5-6-11-13(4,16-11)8-7-10-12(2,3)15-10/h10-11H,5-8H2,1-4H3. The van der Waals surface area contributed by atoms with Gasteiger partial charge in [-0.05, 0) is 47.0 Å². The molecule has 2 saturated heterocycles. The molecule has 0 amide bonds. The summed E-state index contributed by atoms with van der Waals surface area (Å²) in [5.74, 6) is 0.254.